The predicted molar refractivity (Wildman–Crippen MR) is 117 cm³/mol. The van der Waals surface area contributed by atoms with Crippen molar-refractivity contribution in [1.29, 1.82) is 0 Å². The first-order valence-electron chi connectivity index (χ1n) is 9.74. The number of rotatable bonds is 6. The number of alkyl carbamates (subject to hydrolysis) is 1. The van der Waals surface area contributed by atoms with Crippen molar-refractivity contribution < 1.29 is 19.1 Å². The van der Waals surface area contributed by atoms with Gasteiger partial charge < -0.3 is 25.1 Å². The number of amides is 2. The smallest absolute Gasteiger partial charge is 0.408 e. The monoisotopic (exact) mass is 409 g/mol. The van der Waals surface area contributed by atoms with Crippen LogP contribution in [0.2, 0.25) is 0 Å². The minimum Gasteiger partial charge on any atom is -0.497 e. The number of anilines is 1. The highest BCUT2D eigenvalue weighted by atomic mass is 16.6. The van der Waals surface area contributed by atoms with Crippen LogP contribution in [0.4, 0.5) is 10.5 Å². The predicted octanol–water partition coefficient (Wildman–Crippen LogP) is 4.25. The lowest BCUT2D eigenvalue weighted by atomic mass is 10.0. The lowest BCUT2D eigenvalue weighted by Gasteiger charge is -2.23. The Labute approximate surface area is 175 Å². The molecule has 0 radical (unpaired) electrons. The zero-order chi connectivity index (χ0) is 21.7. The number of benzene rings is 2. The summed E-state index contributed by atoms with van der Waals surface area (Å²) in [7, 11) is 1.56. The van der Waals surface area contributed by atoms with E-state index in [1.165, 1.54) is 0 Å². The Bertz CT molecular complexity index is 1040. The van der Waals surface area contributed by atoms with Gasteiger partial charge in [-0.25, -0.2) is 4.79 Å². The third kappa shape index (κ3) is 5.53. The van der Waals surface area contributed by atoms with Crippen LogP contribution in [0, 0.1) is 0 Å². The highest BCUT2D eigenvalue weighted by Crippen LogP contribution is 2.21. The van der Waals surface area contributed by atoms with Crippen molar-refractivity contribution in [3.8, 4) is 5.75 Å². The van der Waals surface area contributed by atoms with Gasteiger partial charge in [-0.15, -0.1) is 0 Å². The van der Waals surface area contributed by atoms with Crippen molar-refractivity contribution in [1.82, 2.24) is 10.3 Å². The van der Waals surface area contributed by atoms with Gasteiger partial charge in [0.25, 0.3) is 0 Å². The molecular weight excluding hydrogens is 382 g/mol. The van der Waals surface area contributed by atoms with Gasteiger partial charge >= 0.3 is 6.09 Å². The number of para-hydroxylation sites is 1. The number of aromatic nitrogens is 1. The van der Waals surface area contributed by atoms with E-state index in [0.29, 0.717) is 17.9 Å². The third-order valence-corrected chi connectivity index (χ3v) is 4.44. The summed E-state index contributed by atoms with van der Waals surface area (Å²) in [5.41, 5.74) is 1.80. The van der Waals surface area contributed by atoms with E-state index < -0.39 is 17.7 Å². The van der Waals surface area contributed by atoms with E-state index in [-0.39, 0.29) is 5.91 Å². The summed E-state index contributed by atoms with van der Waals surface area (Å²) in [6.45, 7) is 5.33. The van der Waals surface area contributed by atoms with Gasteiger partial charge in [0.2, 0.25) is 5.91 Å². The summed E-state index contributed by atoms with van der Waals surface area (Å²) < 4.78 is 10.6. The fraction of sp³-hybridized carbons (Fsp3) is 0.304. The minimum absolute atomic E-state index is 0.305. The van der Waals surface area contributed by atoms with Crippen molar-refractivity contribution >= 4 is 28.6 Å². The van der Waals surface area contributed by atoms with Gasteiger partial charge in [0.1, 0.15) is 17.4 Å². The van der Waals surface area contributed by atoms with E-state index in [1.54, 1.807) is 52.1 Å². The Kier molecular flexibility index (Phi) is 6.30. The highest BCUT2D eigenvalue weighted by Gasteiger charge is 2.26. The maximum Gasteiger partial charge on any atom is 0.408 e. The van der Waals surface area contributed by atoms with Crippen molar-refractivity contribution in [2.24, 2.45) is 0 Å². The molecule has 158 valence electrons. The van der Waals surface area contributed by atoms with E-state index in [9.17, 15) is 9.59 Å². The topological polar surface area (TPSA) is 92.5 Å². The summed E-state index contributed by atoms with van der Waals surface area (Å²) in [5, 5.41) is 6.56. The number of fused-ring (bicyclic) bond motifs is 1. The van der Waals surface area contributed by atoms with Crippen LogP contribution in [0.1, 0.15) is 26.3 Å². The van der Waals surface area contributed by atoms with Gasteiger partial charge in [0, 0.05) is 35.3 Å². The van der Waals surface area contributed by atoms with Gasteiger partial charge in [-0.3, -0.25) is 4.79 Å². The lowest BCUT2D eigenvalue weighted by Crippen LogP contribution is -2.47. The lowest BCUT2D eigenvalue weighted by molar-refractivity contribution is -0.118. The molecule has 0 bridgehead atoms. The average molecular weight is 409 g/mol. The molecule has 1 atom stereocenters. The Hall–Kier alpha value is -3.48. The van der Waals surface area contributed by atoms with Crippen molar-refractivity contribution in [2.45, 2.75) is 38.8 Å². The fourth-order valence-electron chi connectivity index (χ4n) is 3.11. The van der Waals surface area contributed by atoms with E-state index in [0.717, 1.165) is 16.5 Å². The molecule has 2 amide bonds. The molecular formula is C23H27N3O4. The molecule has 0 fully saturated rings. The van der Waals surface area contributed by atoms with Gasteiger partial charge in [-0.1, -0.05) is 24.3 Å². The SMILES string of the molecule is COc1cccc(NC(=O)[C@H](Cc2c[nH]c3ccccc23)NC(=O)OC(C)(C)C)c1. The molecule has 1 heterocycles. The molecule has 0 aliphatic rings. The maximum atomic E-state index is 13.0. The van der Waals surface area contributed by atoms with Crippen LogP contribution in [-0.2, 0) is 16.0 Å². The second kappa shape index (κ2) is 8.90. The van der Waals surface area contributed by atoms with Crippen LogP contribution in [0.25, 0.3) is 10.9 Å². The van der Waals surface area contributed by atoms with E-state index >= 15 is 0 Å². The highest BCUT2D eigenvalue weighted by molar-refractivity contribution is 5.97. The molecule has 3 N–H and O–H groups in total. The van der Waals surface area contributed by atoms with Crippen LogP contribution < -0.4 is 15.4 Å². The molecule has 0 saturated carbocycles. The molecule has 0 unspecified atom stereocenters. The third-order valence-electron chi connectivity index (χ3n) is 4.44. The molecule has 0 saturated heterocycles. The quantitative estimate of drug-likeness (QED) is 0.567. The molecule has 7 heteroatoms. The standard InChI is InChI=1S/C23H27N3O4/c1-23(2,3)30-22(28)26-20(12-15-14-24-19-11-6-5-10-18(15)19)21(27)25-16-8-7-9-17(13-16)29-4/h5-11,13-14,20,24H,12H2,1-4H3,(H,25,27)(H,26,28)/t20-/m0/s1. The molecule has 30 heavy (non-hydrogen) atoms. The zero-order valence-electron chi connectivity index (χ0n) is 17.6. The largest absolute Gasteiger partial charge is 0.497 e. The van der Waals surface area contributed by atoms with E-state index in [2.05, 4.69) is 15.6 Å². The first-order valence-corrected chi connectivity index (χ1v) is 9.74. The summed E-state index contributed by atoms with van der Waals surface area (Å²) in [6, 6.07) is 14.0. The van der Waals surface area contributed by atoms with Gasteiger partial charge in [-0.2, -0.15) is 0 Å². The molecule has 2 aromatic carbocycles. The number of nitrogens with one attached hydrogen (secondary N) is 3. The van der Waals surface area contributed by atoms with Crippen molar-refractivity contribution in [3.63, 3.8) is 0 Å². The molecule has 0 aliphatic carbocycles. The number of aromatic amines is 1. The summed E-state index contributed by atoms with van der Waals surface area (Å²) in [5.74, 6) is 0.278. The molecule has 7 nitrogen and oxygen atoms in total. The fourth-order valence-corrected chi connectivity index (χ4v) is 3.11. The van der Waals surface area contributed by atoms with Gasteiger partial charge in [0.15, 0.2) is 0 Å². The van der Waals surface area contributed by atoms with Crippen molar-refractivity contribution in [2.75, 3.05) is 12.4 Å². The Morgan fingerprint density at radius 1 is 1.10 bits per heavy atom. The Morgan fingerprint density at radius 3 is 2.60 bits per heavy atom. The number of hydrogen-bond donors (Lipinski definition) is 3. The maximum absolute atomic E-state index is 13.0. The van der Waals surface area contributed by atoms with Gasteiger partial charge in [-0.05, 0) is 44.5 Å². The van der Waals surface area contributed by atoms with Gasteiger partial charge in [0.05, 0.1) is 7.11 Å². The second-order valence-corrected chi connectivity index (χ2v) is 7.98. The normalized spacial score (nSPS) is 12.3. The molecule has 3 rings (SSSR count). The van der Waals surface area contributed by atoms with E-state index in [4.69, 9.17) is 9.47 Å². The number of H-pyrrole nitrogens is 1. The number of methoxy groups -OCH3 is 1. The van der Waals surface area contributed by atoms with Crippen LogP contribution in [0.15, 0.2) is 54.7 Å². The van der Waals surface area contributed by atoms with E-state index in [1.807, 2.05) is 30.5 Å². The summed E-state index contributed by atoms with van der Waals surface area (Å²) in [4.78, 5) is 28.6. The Balaban J connectivity index is 1.82. The van der Waals surface area contributed by atoms with Crippen molar-refractivity contribution in [3.05, 3.63) is 60.3 Å². The number of carbonyl (C=O) groups is 2. The summed E-state index contributed by atoms with van der Waals surface area (Å²) in [6.07, 6.45) is 1.51. The minimum atomic E-state index is -0.828. The average Bonchev–Trinajstić information content (AvgIpc) is 3.09. The van der Waals surface area contributed by atoms with Crippen LogP contribution in [0.5, 0.6) is 5.75 Å². The second-order valence-electron chi connectivity index (χ2n) is 7.98. The number of hydrogen-bond acceptors (Lipinski definition) is 4. The molecule has 0 spiro atoms. The Morgan fingerprint density at radius 2 is 1.87 bits per heavy atom. The zero-order valence-corrected chi connectivity index (χ0v) is 17.6. The number of ether oxygens (including phenoxy) is 2. The van der Waals surface area contributed by atoms with Crippen LogP contribution in [0.3, 0.4) is 0 Å². The van der Waals surface area contributed by atoms with Crippen LogP contribution >= 0.6 is 0 Å². The molecule has 0 aliphatic heterocycles. The molecule has 1 aromatic heterocycles. The van der Waals surface area contributed by atoms with Crippen LogP contribution in [-0.4, -0.2) is 35.7 Å². The first-order chi connectivity index (χ1) is 14.2. The number of carbonyl (C=O) groups excluding carboxylic acids is 2. The summed E-state index contributed by atoms with van der Waals surface area (Å²) >= 11 is 0. The molecule has 3 aromatic rings. The first kappa shape index (κ1) is 21.2.